The Morgan fingerprint density at radius 2 is 1.22 bits per heavy atom. The summed E-state index contributed by atoms with van der Waals surface area (Å²) in [4.78, 5) is 9.05. The van der Waals surface area contributed by atoms with Gasteiger partial charge in [0.15, 0.2) is 11.4 Å². The standard InChI is InChI=1S/C22H36N4.K/c1-5-9-11-17(7-3)13-19(14-18(8-4)12-10-6-2)22-25-20(15-23)21(16-24)26-22;/h17-19,22H,5-14H2,1-4H3;/q;+1. The topological polar surface area (TPSA) is 72.3 Å². The zero-order valence-corrected chi connectivity index (χ0v) is 21.3. The fourth-order valence-corrected chi connectivity index (χ4v) is 3.95. The van der Waals surface area contributed by atoms with Crippen LogP contribution < -0.4 is 51.4 Å². The molecule has 1 heterocycles. The summed E-state index contributed by atoms with van der Waals surface area (Å²) in [6, 6.07) is 4.10. The Balaban J connectivity index is 0.00000676. The van der Waals surface area contributed by atoms with Gasteiger partial charge in [0.1, 0.15) is 18.3 Å². The number of hydrogen-bond acceptors (Lipinski definition) is 4. The van der Waals surface area contributed by atoms with Gasteiger partial charge in [-0.1, -0.05) is 79.1 Å². The first-order valence-electron chi connectivity index (χ1n) is 10.6. The molecule has 0 aromatic rings. The smallest absolute Gasteiger partial charge is 0.244 e. The molecule has 1 rings (SSSR count). The molecule has 0 aliphatic carbocycles. The van der Waals surface area contributed by atoms with Gasteiger partial charge in [0.25, 0.3) is 0 Å². The Morgan fingerprint density at radius 1 is 0.815 bits per heavy atom. The molecule has 0 saturated carbocycles. The predicted molar refractivity (Wildman–Crippen MR) is 109 cm³/mol. The van der Waals surface area contributed by atoms with Crippen molar-refractivity contribution in [1.82, 2.24) is 0 Å². The minimum atomic E-state index is -0.231. The molecular formula is C22H36KN4+. The maximum absolute atomic E-state index is 9.24. The summed E-state index contributed by atoms with van der Waals surface area (Å²) in [5.74, 6) is 1.71. The van der Waals surface area contributed by atoms with Crippen molar-refractivity contribution in [3.63, 3.8) is 0 Å². The Bertz CT molecular complexity index is 508. The molecule has 2 atom stereocenters. The van der Waals surface area contributed by atoms with Gasteiger partial charge in [-0.05, 0) is 24.7 Å². The van der Waals surface area contributed by atoms with E-state index in [1.165, 1.54) is 51.4 Å². The quantitative estimate of drug-likeness (QED) is 0.450. The van der Waals surface area contributed by atoms with Crippen LogP contribution in [0.5, 0.6) is 0 Å². The third-order valence-electron chi connectivity index (χ3n) is 5.74. The van der Waals surface area contributed by atoms with Gasteiger partial charge in [0, 0.05) is 5.92 Å². The number of unbranched alkanes of at least 4 members (excludes halogenated alkanes) is 2. The van der Waals surface area contributed by atoms with Gasteiger partial charge >= 0.3 is 51.4 Å². The fraction of sp³-hybridized carbons (Fsp3) is 0.818. The van der Waals surface area contributed by atoms with E-state index in [1.54, 1.807) is 0 Å². The van der Waals surface area contributed by atoms with Crippen molar-refractivity contribution < 1.29 is 51.4 Å². The zero-order valence-electron chi connectivity index (χ0n) is 18.2. The maximum Gasteiger partial charge on any atom is 1.00 e. The Labute approximate surface area is 209 Å². The second-order valence-electron chi connectivity index (χ2n) is 7.66. The van der Waals surface area contributed by atoms with E-state index in [2.05, 4.69) is 37.7 Å². The largest absolute Gasteiger partial charge is 1.00 e. The molecule has 5 heteroatoms. The van der Waals surface area contributed by atoms with E-state index in [4.69, 9.17) is 0 Å². The third-order valence-corrected chi connectivity index (χ3v) is 5.74. The number of nitriles is 2. The average Bonchev–Trinajstić information content (AvgIpc) is 3.10. The number of aliphatic imine (C=N–C) groups is 2. The van der Waals surface area contributed by atoms with E-state index in [0.717, 1.165) is 12.8 Å². The number of rotatable bonds is 13. The van der Waals surface area contributed by atoms with Crippen molar-refractivity contribution in [2.45, 2.75) is 98.1 Å². The van der Waals surface area contributed by atoms with Crippen LogP contribution in [0.15, 0.2) is 9.98 Å². The van der Waals surface area contributed by atoms with E-state index < -0.39 is 0 Å². The second kappa shape index (κ2) is 15.8. The van der Waals surface area contributed by atoms with E-state index in [0.29, 0.717) is 17.8 Å². The van der Waals surface area contributed by atoms with E-state index in [1.807, 2.05) is 12.1 Å². The molecular weight excluding hydrogens is 359 g/mol. The van der Waals surface area contributed by atoms with Gasteiger partial charge < -0.3 is 0 Å². The monoisotopic (exact) mass is 395 g/mol. The van der Waals surface area contributed by atoms with Gasteiger partial charge in [-0.15, -0.1) is 0 Å². The van der Waals surface area contributed by atoms with E-state index >= 15 is 0 Å². The molecule has 2 unspecified atom stereocenters. The van der Waals surface area contributed by atoms with Gasteiger partial charge in [0.2, 0.25) is 0 Å². The van der Waals surface area contributed by atoms with Crippen LogP contribution in [-0.4, -0.2) is 17.6 Å². The predicted octanol–water partition coefficient (Wildman–Crippen LogP) is 3.09. The van der Waals surface area contributed by atoms with Crippen molar-refractivity contribution in [3.05, 3.63) is 0 Å². The Morgan fingerprint density at radius 3 is 1.52 bits per heavy atom. The van der Waals surface area contributed by atoms with Crippen LogP contribution in [0.4, 0.5) is 0 Å². The normalized spacial score (nSPS) is 17.1. The fourth-order valence-electron chi connectivity index (χ4n) is 3.95. The van der Waals surface area contributed by atoms with Crippen LogP contribution in [0.1, 0.15) is 91.9 Å². The zero-order chi connectivity index (χ0) is 19.4. The molecule has 4 nitrogen and oxygen atoms in total. The van der Waals surface area contributed by atoms with Crippen molar-refractivity contribution in [1.29, 1.82) is 10.5 Å². The van der Waals surface area contributed by atoms with Crippen LogP contribution in [-0.2, 0) is 0 Å². The summed E-state index contributed by atoms with van der Waals surface area (Å²) >= 11 is 0. The first kappa shape index (κ1) is 27.0. The Kier molecular flexibility index (Phi) is 15.8. The van der Waals surface area contributed by atoms with Crippen LogP contribution in [0.25, 0.3) is 0 Å². The summed E-state index contributed by atoms with van der Waals surface area (Å²) in [7, 11) is 0. The summed E-state index contributed by atoms with van der Waals surface area (Å²) in [5.41, 5.74) is 0.455. The molecule has 0 N–H and O–H groups in total. The van der Waals surface area contributed by atoms with Crippen LogP contribution in [0.3, 0.4) is 0 Å². The second-order valence-corrected chi connectivity index (χ2v) is 7.66. The van der Waals surface area contributed by atoms with E-state index in [-0.39, 0.29) is 69.0 Å². The molecule has 0 amide bonds. The number of hydrogen-bond donors (Lipinski definition) is 0. The number of nitrogens with zero attached hydrogens (tertiary/aromatic N) is 4. The summed E-state index contributed by atoms with van der Waals surface area (Å²) in [6.07, 6.45) is 11.8. The molecule has 0 saturated heterocycles. The van der Waals surface area contributed by atoms with Gasteiger partial charge in [-0.25, -0.2) is 9.98 Å². The summed E-state index contributed by atoms with van der Waals surface area (Å²) in [6.45, 7) is 9.03. The molecule has 0 bridgehead atoms. The van der Waals surface area contributed by atoms with Gasteiger partial charge in [-0.3, -0.25) is 0 Å². The maximum atomic E-state index is 9.24. The molecule has 0 aromatic heterocycles. The van der Waals surface area contributed by atoms with Crippen molar-refractivity contribution in [2.24, 2.45) is 27.7 Å². The molecule has 27 heavy (non-hydrogen) atoms. The molecule has 0 radical (unpaired) electrons. The molecule has 0 aromatic carbocycles. The van der Waals surface area contributed by atoms with Crippen molar-refractivity contribution >= 4 is 11.4 Å². The van der Waals surface area contributed by atoms with Crippen molar-refractivity contribution in [2.75, 3.05) is 0 Å². The molecule has 144 valence electrons. The van der Waals surface area contributed by atoms with Crippen LogP contribution in [0.2, 0.25) is 0 Å². The first-order chi connectivity index (χ1) is 12.6. The molecule has 1 aliphatic rings. The SMILES string of the molecule is CCCCC(CC)CC(CC(CC)CCCC)C1N=C(C#N)C(C#N)=N1.[K+]. The minimum absolute atomic E-state index is 0. The van der Waals surface area contributed by atoms with Gasteiger partial charge in [-0.2, -0.15) is 10.5 Å². The van der Waals surface area contributed by atoms with Crippen LogP contribution in [0, 0.1) is 40.4 Å². The first-order valence-corrected chi connectivity index (χ1v) is 10.6. The average molecular weight is 396 g/mol. The molecule has 0 fully saturated rings. The minimum Gasteiger partial charge on any atom is -0.244 e. The third kappa shape index (κ3) is 9.33. The molecule has 1 aliphatic heterocycles. The van der Waals surface area contributed by atoms with Crippen LogP contribution >= 0.6 is 0 Å². The summed E-state index contributed by atoms with van der Waals surface area (Å²) in [5, 5.41) is 18.5. The van der Waals surface area contributed by atoms with Crippen molar-refractivity contribution in [3.8, 4) is 12.1 Å². The summed E-state index contributed by atoms with van der Waals surface area (Å²) < 4.78 is 0. The van der Waals surface area contributed by atoms with E-state index in [9.17, 15) is 10.5 Å². The Hall–Kier alpha value is -0.0436. The molecule has 0 spiro atoms. The van der Waals surface area contributed by atoms with Gasteiger partial charge in [0.05, 0.1) is 0 Å².